The summed E-state index contributed by atoms with van der Waals surface area (Å²) in [5, 5.41) is 0. The second-order valence-electron chi connectivity index (χ2n) is 6.64. The van der Waals surface area contributed by atoms with Crippen LogP contribution < -0.4 is 0 Å². The van der Waals surface area contributed by atoms with Crippen molar-refractivity contribution in [2.45, 2.75) is 59.8 Å². The van der Waals surface area contributed by atoms with E-state index in [1.165, 1.54) is 5.71 Å². The van der Waals surface area contributed by atoms with Gasteiger partial charge in [-0.3, -0.25) is 4.99 Å². The third kappa shape index (κ3) is 4.12. The Hall–Kier alpha value is -0.573. The molecular formula is C13H25NOSi. The first-order chi connectivity index (χ1) is 7.08. The lowest BCUT2D eigenvalue weighted by molar-refractivity contribution is 0.384. The van der Waals surface area contributed by atoms with Gasteiger partial charge in [0.2, 0.25) is 8.32 Å². The van der Waals surface area contributed by atoms with Crippen LogP contribution in [0, 0.1) is 5.41 Å². The van der Waals surface area contributed by atoms with Gasteiger partial charge in [-0.2, -0.15) is 0 Å². The largest absolute Gasteiger partial charge is 0.547 e. The van der Waals surface area contributed by atoms with Crippen molar-refractivity contribution >= 4 is 14.0 Å². The van der Waals surface area contributed by atoms with E-state index in [4.69, 9.17) is 9.42 Å². The fraction of sp³-hybridized carbons (Fsp3) is 0.769. The van der Waals surface area contributed by atoms with Crippen molar-refractivity contribution in [3.63, 3.8) is 0 Å². The number of allylic oxidation sites excluding steroid dienone is 1. The molecule has 0 aromatic carbocycles. The second-order valence-corrected chi connectivity index (χ2v) is 11.1. The van der Waals surface area contributed by atoms with E-state index in [1.807, 2.05) is 0 Å². The predicted octanol–water partition coefficient (Wildman–Crippen LogP) is 4.00. The highest BCUT2D eigenvalue weighted by Crippen LogP contribution is 2.27. The smallest absolute Gasteiger partial charge is 0.241 e. The zero-order valence-corrected chi connectivity index (χ0v) is 12.7. The van der Waals surface area contributed by atoms with Crippen LogP contribution in [0.2, 0.25) is 19.6 Å². The summed E-state index contributed by atoms with van der Waals surface area (Å²) in [5.74, 6) is 1.13. The number of dihydropyridines is 1. The molecule has 0 amide bonds. The Kier molecular flexibility index (Phi) is 3.68. The molecule has 0 saturated carbocycles. The summed E-state index contributed by atoms with van der Waals surface area (Å²) in [6.07, 6.45) is 3.10. The quantitative estimate of drug-likeness (QED) is 0.667. The fourth-order valence-corrected chi connectivity index (χ4v) is 2.63. The van der Waals surface area contributed by atoms with Gasteiger partial charge in [0.25, 0.3) is 0 Å². The van der Waals surface area contributed by atoms with Gasteiger partial charge in [-0.25, -0.2) is 0 Å². The molecule has 1 atom stereocenters. The molecule has 0 aliphatic carbocycles. The monoisotopic (exact) mass is 239 g/mol. The van der Waals surface area contributed by atoms with Crippen LogP contribution in [0.3, 0.4) is 0 Å². The summed E-state index contributed by atoms with van der Waals surface area (Å²) < 4.78 is 6.09. The Morgan fingerprint density at radius 1 is 1.31 bits per heavy atom. The number of rotatable bonds is 2. The highest BCUT2D eigenvalue weighted by atomic mass is 28.4. The van der Waals surface area contributed by atoms with E-state index in [0.717, 1.165) is 12.2 Å². The van der Waals surface area contributed by atoms with Crippen molar-refractivity contribution < 1.29 is 4.43 Å². The molecule has 1 unspecified atom stereocenters. The van der Waals surface area contributed by atoms with E-state index in [0.29, 0.717) is 6.04 Å². The minimum atomic E-state index is -1.49. The second kappa shape index (κ2) is 4.36. The zero-order chi connectivity index (χ0) is 12.6. The van der Waals surface area contributed by atoms with Crippen LogP contribution in [0.25, 0.3) is 0 Å². The first-order valence-electron chi connectivity index (χ1n) is 6.06. The normalized spacial score (nSPS) is 22.6. The van der Waals surface area contributed by atoms with E-state index in [-0.39, 0.29) is 5.41 Å². The van der Waals surface area contributed by atoms with E-state index in [1.54, 1.807) is 0 Å². The summed E-state index contributed by atoms with van der Waals surface area (Å²) >= 11 is 0. The summed E-state index contributed by atoms with van der Waals surface area (Å²) in [7, 11) is -1.49. The van der Waals surface area contributed by atoms with Crippen molar-refractivity contribution in [2.24, 2.45) is 10.4 Å². The Morgan fingerprint density at radius 3 is 2.31 bits per heavy atom. The van der Waals surface area contributed by atoms with E-state index in [9.17, 15) is 0 Å². The number of hydrogen-bond acceptors (Lipinski definition) is 2. The van der Waals surface area contributed by atoms with Gasteiger partial charge in [0.05, 0.1) is 11.8 Å². The SMILES string of the molecule is CC1CC(O[Si](C)(C)C)=CC(C(C)(C)C)=N1. The van der Waals surface area contributed by atoms with E-state index >= 15 is 0 Å². The molecule has 0 radical (unpaired) electrons. The van der Waals surface area contributed by atoms with E-state index < -0.39 is 8.32 Å². The van der Waals surface area contributed by atoms with Gasteiger partial charge in [0.15, 0.2) is 0 Å². The van der Waals surface area contributed by atoms with Crippen LogP contribution >= 0.6 is 0 Å². The van der Waals surface area contributed by atoms with Gasteiger partial charge in [-0.05, 0) is 32.6 Å². The van der Waals surface area contributed by atoms with Crippen LogP contribution in [-0.2, 0) is 4.43 Å². The Morgan fingerprint density at radius 2 is 1.88 bits per heavy atom. The minimum absolute atomic E-state index is 0.114. The summed E-state index contributed by atoms with van der Waals surface area (Å²) in [6.45, 7) is 15.4. The summed E-state index contributed by atoms with van der Waals surface area (Å²) in [6, 6.07) is 0.352. The maximum atomic E-state index is 6.09. The maximum Gasteiger partial charge on any atom is 0.241 e. The third-order valence-electron chi connectivity index (χ3n) is 2.36. The Labute approximate surface area is 101 Å². The highest BCUT2D eigenvalue weighted by molar-refractivity contribution is 6.70. The minimum Gasteiger partial charge on any atom is -0.547 e. The lowest BCUT2D eigenvalue weighted by Gasteiger charge is -2.29. The molecule has 92 valence electrons. The molecule has 0 aromatic rings. The molecule has 1 heterocycles. The number of nitrogens with zero attached hydrogens (tertiary/aromatic N) is 1. The average molecular weight is 239 g/mol. The maximum absolute atomic E-state index is 6.09. The van der Waals surface area contributed by atoms with Crippen molar-refractivity contribution in [1.29, 1.82) is 0 Å². The van der Waals surface area contributed by atoms with Crippen molar-refractivity contribution in [2.75, 3.05) is 0 Å². The Bertz CT molecular complexity index is 318. The van der Waals surface area contributed by atoms with Crippen LogP contribution in [0.5, 0.6) is 0 Å². The molecule has 2 nitrogen and oxygen atoms in total. The molecule has 1 aliphatic rings. The average Bonchev–Trinajstić information content (AvgIpc) is 1.97. The van der Waals surface area contributed by atoms with Crippen molar-refractivity contribution in [3.8, 4) is 0 Å². The van der Waals surface area contributed by atoms with Gasteiger partial charge in [-0.15, -0.1) is 0 Å². The fourth-order valence-electron chi connectivity index (χ4n) is 1.70. The molecule has 0 aromatic heterocycles. The molecular weight excluding hydrogens is 214 g/mol. The standard InChI is InChI=1S/C13H25NOSi/c1-10-8-11(15-16(5,6)7)9-12(14-10)13(2,3)4/h9-10H,8H2,1-7H3. The number of hydrogen-bond donors (Lipinski definition) is 0. The molecule has 1 aliphatic heterocycles. The third-order valence-corrected chi connectivity index (χ3v) is 3.23. The lowest BCUT2D eigenvalue weighted by Crippen LogP contribution is -2.30. The van der Waals surface area contributed by atoms with Gasteiger partial charge in [0, 0.05) is 17.5 Å². The van der Waals surface area contributed by atoms with Crippen LogP contribution in [0.1, 0.15) is 34.1 Å². The molecule has 0 N–H and O–H groups in total. The molecule has 0 bridgehead atoms. The molecule has 1 rings (SSSR count). The van der Waals surface area contributed by atoms with Gasteiger partial charge < -0.3 is 4.43 Å². The predicted molar refractivity (Wildman–Crippen MR) is 73.5 cm³/mol. The highest BCUT2D eigenvalue weighted by Gasteiger charge is 2.25. The van der Waals surface area contributed by atoms with Gasteiger partial charge in [-0.1, -0.05) is 20.8 Å². The molecule has 0 fully saturated rings. The van der Waals surface area contributed by atoms with Gasteiger partial charge >= 0.3 is 0 Å². The summed E-state index contributed by atoms with van der Waals surface area (Å²) in [4.78, 5) is 4.71. The van der Waals surface area contributed by atoms with Crippen LogP contribution in [0.4, 0.5) is 0 Å². The van der Waals surface area contributed by atoms with Crippen LogP contribution in [-0.4, -0.2) is 20.1 Å². The first-order valence-corrected chi connectivity index (χ1v) is 9.46. The molecule has 0 spiro atoms. The zero-order valence-electron chi connectivity index (χ0n) is 11.7. The molecule has 3 heteroatoms. The van der Waals surface area contributed by atoms with Gasteiger partial charge in [0.1, 0.15) is 0 Å². The summed E-state index contributed by atoms with van der Waals surface area (Å²) in [5.41, 5.74) is 1.28. The first kappa shape index (κ1) is 13.5. The van der Waals surface area contributed by atoms with E-state index in [2.05, 4.69) is 53.4 Å². The molecule has 16 heavy (non-hydrogen) atoms. The van der Waals surface area contributed by atoms with Crippen molar-refractivity contribution in [1.82, 2.24) is 0 Å². The number of aliphatic imine (C=N–C) groups is 1. The topological polar surface area (TPSA) is 21.6 Å². The van der Waals surface area contributed by atoms with Crippen molar-refractivity contribution in [3.05, 3.63) is 11.8 Å². The molecule has 0 saturated heterocycles. The van der Waals surface area contributed by atoms with Crippen LogP contribution in [0.15, 0.2) is 16.8 Å². The Balaban J connectivity index is 2.89. The lowest BCUT2D eigenvalue weighted by atomic mass is 9.87.